The Bertz CT molecular complexity index is 172. The van der Waals surface area contributed by atoms with Gasteiger partial charge < -0.3 is 10.6 Å². The van der Waals surface area contributed by atoms with E-state index in [4.69, 9.17) is 5.73 Å². The summed E-state index contributed by atoms with van der Waals surface area (Å²) in [5, 5.41) is 0. The Morgan fingerprint density at radius 2 is 2.07 bits per heavy atom. The fourth-order valence-corrected chi connectivity index (χ4v) is 1.92. The van der Waals surface area contributed by atoms with Crippen LogP contribution in [0.1, 0.15) is 40.5 Å². The van der Waals surface area contributed by atoms with Gasteiger partial charge in [0.25, 0.3) is 0 Å². The standard InChI is InChI=1S/C12H26N2/c1-10(12(2,3)4)8-14-7-5-6-11(13)9-14/h10-11H,5-9,13H2,1-4H3. The van der Waals surface area contributed by atoms with Crippen molar-refractivity contribution in [2.45, 2.75) is 46.6 Å². The van der Waals surface area contributed by atoms with Gasteiger partial charge in [0.2, 0.25) is 0 Å². The molecule has 0 aromatic rings. The van der Waals surface area contributed by atoms with Crippen molar-refractivity contribution in [1.29, 1.82) is 0 Å². The van der Waals surface area contributed by atoms with Crippen LogP contribution in [0, 0.1) is 11.3 Å². The van der Waals surface area contributed by atoms with Gasteiger partial charge in [-0.3, -0.25) is 0 Å². The second kappa shape index (κ2) is 4.63. The van der Waals surface area contributed by atoms with Crippen LogP contribution in [0.4, 0.5) is 0 Å². The number of hydrogen-bond acceptors (Lipinski definition) is 2. The van der Waals surface area contributed by atoms with E-state index in [1.807, 2.05) is 0 Å². The first kappa shape index (κ1) is 12.0. The molecule has 84 valence electrons. The van der Waals surface area contributed by atoms with Crippen LogP contribution in [-0.2, 0) is 0 Å². The van der Waals surface area contributed by atoms with Crippen molar-refractivity contribution in [2.75, 3.05) is 19.6 Å². The van der Waals surface area contributed by atoms with Crippen molar-refractivity contribution in [3.05, 3.63) is 0 Å². The third kappa shape index (κ3) is 3.58. The van der Waals surface area contributed by atoms with E-state index in [0.29, 0.717) is 11.5 Å². The molecule has 0 radical (unpaired) electrons. The fourth-order valence-electron chi connectivity index (χ4n) is 1.92. The first-order valence-electron chi connectivity index (χ1n) is 5.87. The van der Waals surface area contributed by atoms with E-state index in [1.54, 1.807) is 0 Å². The summed E-state index contributed by atoms with van der Waals surface area (Å²) in [6.45, 7) is 12.9. The monoisotopic (exact) mass is 198 g/mol. The lowest BCUT2D eigenvalue weighted by Crippen LogP contribution is -2.45. The molecule has 0 spiro atoms. The largest absolute Gasteiger partial charge is 0.327 e. The lowest BCUT2D eigenvalue weighted by atomic mass is 9.81. The molecule has 1 rings (SSSR count). The molecule has 1 fully saturated rings. The summed E-state index contributed by atoms with van der Waals surface area (Å²) in [5.74, 6) is 0.743. The minimum Gasteiger partial charge on any atom is -0.327 e. The van der Waals surface area contributed by atoms with Gasteiger partial charge in [-0.25, -0.2) is 0 Å². The zero-order valence-electron chi connectivity index (χ0n) is 10.2. The number of hydrogen-bond donors (Lipinski definition) is 1. The van der Waals surface area contributed by atoms with Crippen LogP contribution in [0.25, 0.3) is 0 Å². The Labute approximate surface area is 88.8 Å². The lowest BCUT2D eigenvalue weighted by molar-refractivity contribution is 0.134. The quantitative estimate of drug-likeness (QED) is 0.736. The van der Waals surface area contributed by atoms with Crippen LogP contribution in [0.2, 0.25) is 0 Å². The average Bonchev–Trinajstić information content (AvgIpc) is 2.02. The van der Waals surface area contributed by atoms with Crippen molar-refractivity contribution in [2.24, 2.45) is 17.1 Å². The van der Waals surface area contributed by atoms with Crippen LogP contribution in [-0.4, -0.2) is 30.6 Å². The van der Waals surface area contributed by atoms with Crippen molar-refractivity contribution in [3.8, 4) is 0 Å². The Kier molecular flexibility index (Phi) is 3.96. The van der Waals surface area contributed by atoms with Gasteiger partial charge in [-0.2, -0.15) is 0 Å². The predicted molar refractivity (Wildman–Crippen MR) is 62.3 cm³/mol. The normalized spacial score (nSPS) is 27.6. The number of nitrogens with two attached hydrogens (primary N) is 1. The number of piperidine rings is 1. The van der Waals surface area contributed by atoms with Gasteiger partial charge in [0.05, 0.1) is 0 Å². The molecule has 2 heteroatoms. The molecule has 0 aliphatic carbocycles. The van der Waals surface area contributed by atoms with E-state index in [0.717, 1.165) is 12.5 Å². The third-order valence-corrected chi connectivity index (χ3v) is 3.55. The molecule has 0 amide bonds. The number of rotatable bonds is 2. The van der Waals surface area contributed by atoms with Crippen molar-refractivity contribution in [3.63, 3.8) is 0 Å². The molecule has 2 unspecified atom stereocenters. The third-order valence-electron chi connectivity index (χ3n) is 3.55. The maximum Gasteiger partial charge on any atom is 0.0168 e. The highest BCUT2D eigenvalue weighted by Gasteiger charge is 2.24. The second-order valence-electron chi connectivity index (χ2n) is 5.93. The van der Waals surface area contributed by atoms with Gasteiger partial charge in [-0.15, -0.1) is 0 Å². The van der Waals surface area contributed by atoms with Gasteiger partial charge in [0.15, 0.2) is 0 Å². The summed E-state index contributed by atoms with van der Waals surface area (Å²) in [6, 6.07) is 0.413. The average molecular weight is 198 g/mol. The van der Waals surface area contributed by atoms with Gasteiger partial charge in [-0.1, -0.05) is 27.7 Å². The molecule has 0 bridgehead atoms. The SMILES string of the molecule is CC(CN1CCCC(N)C1)C(C)(C)C. The summed E-state index contributed by atoms with van der Waals surface area (Å²) >= 11 is 0. The molecule has 0 aromatic carbocycles. The fraction of sp³-hybridized carbons (Fsp3) is 1.00. The summed E-state index contributed by atoms with van der Waals surface area (Å²) in [7, 11) is 0. The zero-order valence-corrected chi connectivity index (χ0v) is 10.2. The van der Waals surface area contributed by atoms with Gasteiger partial charge >= 0.3 is 0 Å². The Morgan fingerprint density at radius 3 is 2.57 bits per heavy atom. The molecule has 0 aromatic heterocycles. The lowest BCUT2D eigenvalue weighted by Gasteiger charge is -2.36. The Balaban J connectivity index is 2.36. The minimum atomic E-state index is 0.413. The van der Waals surface area contributed by atoms with E-state index in [2.05, 4.69) is 32.6 Å². The molecule has 2 nitrogen and oxygen atoms in total. The summed E-state index contributed by atoms with van der Waals surface area (Å²) in [4.78, 5) is 2.53. The summed E-state index contributed by atoms with van der Waals surface area (Å²) < 4.78 is 0. The first-order valence-corrected chi connectivity index (χ1v) is 5.87. The molecule has 2 atom stereocenters. The number of nitrogens with zero attached hydrogens (tertiary/aromatic N) is 1. The summed E-state index contributed by atoms with van der Waals surface area (Å²) in [5.41, 5.74) is 6.39. The Hall–Kier alpha value is -0.0800. The molecule has 1 saturated heterocycles. The topological polar surface area (TPSA) is 29.3 Å². The van der Waals surface area contributed by atoms with Crippen molar-refractivity contribution in [1.82, 2.24) is 4.90 Å². The van der Waals surface area contributed by atoms with E-state index >= 15 is 0 Å². The van der Waals surface area contributed by atoms with Crippen LogP contribution < -0.4 is 5.73 Å². The molecule has 0 saturated carbocycles. The Morgan fingerprint density at radius 1 is 1.43 bits per heavy atom. The highest BCUT2D eigenvalue weighted by molar-refractivity contribution is 4.79. The van der Waals surface area contributed by atoms with Crippen LogP contribution in [0.5, 0.6) is 0 Å². The molecule has 14 heavy (non-hydrogen) atoms. The predicted octanol–water partition coefficient (Wildman–Crippen LogP) is 2.09. The van der Waals surface area contributed by atoms with E-state index < -0.39 is 0 Å². The molecule has 1 heterocycles. The molecular weight excluding hydrogens is 172 g/mol. The van der Waals surface area contributed by atoms with E-state index in [9.17, 15) is 0 Å². The van der Waals surface area contributed by atoms with Crippen LogP contribution >= 0.6 is 0 Å². The molecular formula is C12H26N2. The highest BCUT2D eigenvalue weighted by atomic mass is 15.1. The first-order chi connectivity index (χ1) is 6.39. The van der Waals surface area contributed by atoms with E-state index in [1.165, 1.54) is 25.9 Å². The molecule has 2 N–H and O–H groups in total. The maximum absolute atomic E-state index is 5.97. The van der Waals surface area contributed by atoms with Gasteiger partial charge in [0.1, 0.15) is 0 Å². The summed E-state index contributed by atoms with van der Waals surface area (Å²) in [6.07, 6.45) is 2.48. The van der Waals surface area contributed by atoms with Gasteiger partial charge in [-0.05, 0) is 30.7 Å². The molecule has 1 aliphatic heterocycles. The molecule has 1 aliphatic rings. The number of likely N-dealkylation sites (tertiary alicyclic amines) is 1. The highest BCUT2D eigenvalue weighted by Crippen LogP contribution is 2.26. The minimum absolute atomic E-state index is 0.413. The van der Waals surface area contributed by atoms with Crippen molar-refractivity contribution < 1.29 is 0 Å². The van der Waals surface area contributed by atoms with E-state index in [-0.39, 0.29) is 0 Å². The smallest absolute Gasteiger partial charge is 0.0168 e. The van der Waals surface area contributed by atoms with Crippen LogP contribution in [0.3, 0.4) is 0 Å². The maximum atomic E-state index is 5.97. The second-order valence-corrected chi connectivity index (χ2v) is 5.93. The van der Waals surface area contributed by atoms with Gasteiger partial charge in [0, 0.05) is 19.1 Å². The van der Waals surface area contributed by atoms with Crippen LogP contribution in [0.15, 0.2) is 0 Å². The van der Waals surface area contributed by atoms with Crippen molar-refractivity contribution >= 4 is 0 Å². The zero-order chi connectivity index (χ0) is 10.8.